The zero-order valence-corrected chi connectivity index (χ0v) is 15.3. The van der Waals surface area contributed by atoms with Crippen LogP contribution >= 0.6 is 0 Å². The smallest absolute Gasteiger partial charge is 0.381 e. The summed E-state index contributed by atoms with van der Waals surface area (Å²) < 4.78 is 111. The summed E-state index contributed by atoms with van der Waals surface area (Å²) in [7, 11) is 0. The highest BCUT2D eigenvalue weighted by molar-refractivity contribution is 5.77. The molecule has 12 heteroatoms. The van der Waals surface area contributed by atoms with Crippen LogP contribution < -0.4 is 0 Å². The van der Waals surface area contributed by atoms with E-state index in [2.05, 4.69) is 4.74 Å². The lowest BCUT2D eigenvalue weighted by Crippen LogP contribution is -2.59. The van der Waals surface area contributed by atoms with Gasteiger partial charge in [-0.25, -0.2) is 8.78 Å². The standard InChI is InChI=1S/C16H22F8O4/c1-3-5-10(6-4-2)28-12(26)8-7-11(25)27-9-14(19,20)16(23,24)15(21,22)13(17)18/h10,13H,3-9H2,1-2H3. The number of halogens is 8. The van der Waals surface area contributed by atoms with E-state index >= 15 is 0 Å². The molecule has 0 fully saturated rings. The molecule has 0 aliphatic carbocycles. The van der Waals surface area contributed by atoms with Gasteiger partial charge in [0.2, 0.25) is 0 Å². The quantitative estimate of drug-likeness (QED) is 0.305. The summed E-state index contributed by atoms with van der Waals surface area (Å²) >= 11 is 0. The molecular formula is C16H22F8O4. The molecule has 0 saturated heterocycles. The molecule has 166 valence electrons. The maximum Gasteiger partial charge on any atom is 0.381 e. The Kier molecular flexibility index (Phi) is 10.2. The Hall–Kier alpha value is -1.62. The molecule has 0 radical (unpaired) electrons. The highest BCUT2D eigenvalue weighted by atomic mass is 19.4. The van der Waals surface area contributed by atoms with Gasteiger partial charge in [-0.2, -0.15) is 26.3 Å². The second-order valence-electron chi connectivity index (χ2n) is 6.05. The van der Waals surface area contributed by atoms with Crippen molar-refractivity contribution in [2.75, 3.05) is 6.61 Å². The molecule has 0 saturated carbocycles. The number of carbonyl (C=O) groups excluding carboxylic acids is 2. The maximum atomic E-state index is 13.2. The molecular weight excluding hydrogens is 408 g/mol. The summed E-state index contributed by atoms with van der Waals surface area (Å²) in [6, 6.07) is 0. The van der Waals surface area contributed by atoms with Crippen molar-refractivity contribution in [3.8, 4) is 0 Å². The molecule has 0 spiro atoms. The van der Waals surface area contributed by atoms with Gasteiger partial charge in [0, 0.05) is 0 Å². The summed E-state index contributed by atoms with van der Waals surface area (Å²) in [5.74, 6) is -21.0. The van der Waals surface area contributed by atoms with E-state index in [1.165, 1.54) is 0 Å². The van der Waals surface area contributed by atoms with E-state index < -0.39 is 61.7 Å². The lowest BCUT2D eigenvalue weighted by molar-refractivity contribution is -0.344. The molecule has 0 heterocycles. The molecule has 0 aromatic heterocycles. The topological polar surface area (TPSA) is 52.6 Å². The Morgan fingerprint density at radius 2 is 1.32 bits per heavy atom. The van der Waals surface area contributed by atoms with Crippen LogP contribution in [0, 0.1) is 0 Å². The third kappa shape index (κ3) is 7.08. The van der Waals surface area contributed by atoms with Gasteiger partial charge in [0.25, 0.3) is 0 Å². The zero-order chi connectivity index (χ0) is 22.2. The minimum atomic E-state index is -6.46. The van der Waals surface area contributed by atoms with Gasteiger partial charge in [-0.1, -0.05) is 26.7 Å². The fraction of sp³-hybridized carbons (Fsp3) is 0.875. The SMILES string of the molecule is CCCC(CCC)OC(=O)CCC(=O)OCC(F)(F)C(F)(F)C(F)(F)C(F)F. The van der Waals surface area contributed by atoms with Gasteiger partial charge >= 0.3 is 36.1 Å². The molecule has 0 rings (SSSR count). The van der Waals surface area contributed by atoms with E-state index in [1.807, 2.05) is 13.8 Å². The van der Waals surface area contributed by atoms with Crippen LogP contribution in [-0.4, -0.2) is 48.8 Å². The van der Waals surface area contributed by atoms with E-state index in [1.54, 1.807) is 0 Å². The first-order valence-corrected chi connectivity index (χ1v) is 8.49. The zero-order valence-electron chi connectivity index (χ0n) is 15.3. The molecule has 0 atom stereocenters. The Bertz CT molecular complexity index is 505. The molecule has 4 nitrogen and oxygen atoms in total. The van der Waals surface area contributed by atoms with E-state index in [4.69, 9.17) is 4.74 Å². The highest BCUT2D eigenvalue weighted by Crippen LogP contribution is 2.48. The Morgan fingerprint density at radius 3 is 1.75 bits per heavy atom. The van der Waals surface area contributed by atoms with Crippen molar-refractivity contribution in [1.29, 1.82) is 0 Å². The third-order valence-corrected chi connectivity index (χ3v) is 3.62. The normalized spacial score (nSPS) is 13.1. The molecule has 0 unspecified atom stereocenters. The van der Waals surface area contributed by atoms with Gasteiger partial charge in [0.05, 0.1) is 12.8 Å². The van der Waals surface area contributed by atoms with Crippen molar-refractivity contribution in [2.24, 2.45) is 0 Å². The molecule has 0 aliphatic heterocycles. The first-order valence-electron chi connectivity index (χ1n) is 8.49. The van der Waals surface area contributed by atoms with Gasteiger partial charge in [0.1, 0.15) is 6.10 Å². The number of alkyl halides is 8. The van der Waals surface area contributed by atoms with Crippen LogP contribution in [0.4, 0.5) is 35.1 Å². The predicted octanol–water partition coefficient (Wildman–Crippen LogP) is 4.99. The van der Waals surface area contributed by atoms with Crippen molar-refractivity contribution in [1.82, 2.24) is 0 Å². The van der Waals surface area contributed by atoms with E-state index in [0.29, 0.717) is 25.7 Å². The van der Waals surface area contributed by atoms with Crippen LogP contribution in [0.15, 0.2) is 0 Å². The second-order valence-corrected chi connectivity index (χ2v) is 6.05. The summed E-state index contributed by atoms with van der Waals surface area (Å²) in [5, 5.41) is 0. The van der Waals surface area contributed by atoms with E-state index in [9.17, 15) is 44.7 Å². The van der Waals surface area contributed by atoms with Crippen molar-refractivity contribution in [3.05, 3.63) is 0 Å². The summed E-state index contributed by atoms with van der Waals surface area (Å²) in [4.78, 5) is 22.9. The van der Waals surface area contributed by atoms with E-state index in [-0.39, 0.29) is 0 Å². The average Bonchev–Trinajstić information content (AvgIpc) is 2.58. The number of rotatable bonds is 13. The molecule has 28 heavy (non-hydrogen) atoms. The van der Waals surface area contributed by atoms with Gasteiger partial charge in [0.15, 0.2) is 6.61 Å². The van der Waals surface area contributed by atoms with Crippen LogP contribution in [0.1, 0.15) is 52.4 Å². The Morgan fingerprint density at radius 1 is 0.857 bits per heavy atom. The molecule has 0 amide bonds. The number of ether oxygens (including phenoxy) is 2. The fourth-order valence-corrected chi connectivity index (χ4v) is 2.07. The van der Waals surface area contributed by atoms with Gasteiger partial charge in [-0.15, -0.1) is 0 Å². The Balaban J connectivity index is 4.63. The third-order valence-electron chi connectivity index (χ3n) is 3.62. The van der Waals surface area contributed by atoms with Gasteiger partial charge in [-0.05, 0) is 12.8 Å². The lowest BCUT2D eigenvalue weighted by atomic mass is 10.1. The molecule has 0 bridgehead atoms. The summed E-state index contributed by atoms with van der Waals surface area (Å²) in [5.41, 5.74) is 0. The largest absolute Gasteiger partial charge is 0.462 e. The molecule has 0 N–H and O–H groups in total. The van der Waals surface area contributed by atoms with Crippen LogP contribution in [0.5, 0.6) is 0 Å². The number of hydrogen-bond acceptors (Lipinski definition) is 4. The summed E-state index contributed by atoms with van der Waals surface area (Å²) in [6.45, 7) is 1.15. The predicted molar refractivity (Wildman–Crippen MR) is 80.7 cm³/mol. The van der Waals surface area contributed by atoms with Crippen molar-refractivity contribution in [3.63, 3.8) is 0 Å². The molecule has 0 aromatic carbocycles. The molecule has 0 aromatic rings. The number of esters is 2. The summed E-state index contributed by atoms with van der Waals surface area (Å²) in [6.07, 6.45) is -4.36. The first-order chi connectivity index (χ1) is 12.7. The number of hydrogen-bond donors (Lipinski definition) is 0. The number of carbonyl (C=O) groups is 2. The van der Waals surface area contributed by atoms with Gasteiger partial charge in [-0.3, -0.25) is 9.59 Å². The first kappa shape index (κ1) is 26.4. The minimum absolute atomic E-state index is 0.405. The van der Waals surface area contributed by atoms with Crippen molar-refractivity contribution < 1.29 is 54.2 Å². The van der Waals surface area contributed by atoms with Crippen LogP contribution in [-0.2, 0) is 19.1 Å². The second kappa shape index (κ2) is 10.8. The van der Waals surface area contributed by atoms with Crippen molar-refractivity contribution in [2.45, 2.75) is 82.7 Å². The lowest BCUT2D eigenvalue weighted by Gasteiger charge is -2.31. The van der Waals surface area contributed by atoms with Crippen LogP contribution in [0.2, 0.25) is 0 Å². The van der Waals surface area contributed by atoms with Crippen LogP contribution in [0.3, 0.4) is 0 Å². The van der Waals surface area contributed by atoms with Gasteiger partial charge < -0.3 is 9.47 Å². The molecule has 0 aliphatic rings. The monoisotopic (exact) mass is 430 g/mol. The fourth-order valence-electron chi connectivity index (χ4n) is 2.07. The van der Waals surface area contributed by atoms with Crippen LogP contribution in [0.25, 0.3) is 0 Å². The average molecular weight is 430 g/mol. The Labute approximate surface area is 156 Å². The highest BCUT2D eigenvalue weighted by Gasteiger charge is 2.75. The van der Waals surface area contributed by atoms with E-state index in [0.717, 1.165) is 0 Å². The minimum Gasteiger partial charge on any atom is -0.462 e. The van der Waals surface area contributed by atoms with Crippen molar-refractivity contribution >= 4 is 11.9 Å². The maximum absolute atomic E-state index is 13.2.